The molecule has 0 aliphatic carbocycles. The normalized spacial score (nSPS) is 18.8. The zero-order valence-corrected chi connectivity index (χ0v) is 24.0. The molecule has 0 fully saturated rings. The van der Waals surface area contributed by atoms with E-state index in [9.17, 15) is 23.4 Å². The van der Waals surface area contributed by atoms with Crippen molar-refractivity contribution in [1.82, 2.24) is 0 Å². The van der Waals surface area contributed by atoms with Crippen LogP contribution in [-0.4, -0.2) is 36.5 Å². The first-order valence-corrected chi connectivity index (χ1v) is 14.8. The Bertz CT molecular complexity index is 1300. The second kappa shape index (κ2) is 10.6. The maximum absolute atomic E-state index is 13.3. The molecule has 9 heteroatoms. The molecule has 3 rings (SSSR count). The number of rotatable bonds is 8. The van der Waals surface area contributed by atoms with Crippen molar-refractivity contribution in [1.29, 1.82) is 0 Å². The molecular weight excluding hydrogens is 512 g/mol. The number of aliphatic hydroxyl groups excluding tert-OH is 1. The van der Waals surface area contributed by atoms with Crippen LogP contribution < -0.4 is 4.18 Å². The van der Waals surface area contributed by atoms with Crippen molar-refractivity contribution in [3.8, 4) is 11.5 Å². The molecule has 0 aromatic heterocycles. The van der Waals surface area contributed by atoms with Crippen molar-refractivity contribution < 1.29 is 32.3 Å². The second-order valence-corrected chi connectivity index (χ2v) is 13.6. The molecule has 1 aliphatic rings. The number of ether oxygens (including phenoxy) is 1. The molecule has 202 valence electrons. The standard InChI is InChI=1S/C28H36O7S2/c1-17(2)28(13-12-19-8-10-20(29)11-9-19)16-22(30)25(26(31)34-28)36-24-14-18(3)23(35-37(7,32)33)15-21(24)27(4,5)6/h8-11,14-15,17,29-30H,12-13,16H2,1-7H3/t28-/m0/s1. The van der Waals surface area contributed by atoms with Crippen molar-refractivity contribution in [2.75, 3.05) is 6.26 Å². The highest BCUT2D eigenvalue weighted by atomic mass is 32.2. The summed E-state index contributed by atoms with van der Waals surface area (Å²) in [7, 11) is -3.71. The highest BCUT2D eigenvalue weighted by Crippen LogP contribution is 2.46. The molecule has 1 atom stereocenters. The summed E-state index contributed by atoms with van der Waals surface area (Å²) in [6.07, 6.45) is 2.33. The number of aliphatic hydroxyl groups is 1. The molecule has 0 saturated carbocycles. The molecule has 1 heterocycles. The molecule has 2 aromatic carbocycles. The van der Waals surface area contributed by atoms with Gasteiger partial charge in [-0.1, -0.05) is 58.5 Å². The Labute approximate surface area is 224 Å². The predicted molar refractivity (Wildman–Crippen MR) is 146 cm³/mol. The van der Waals surface area contributed by atoms with Crippen LogP contribution in [0.15, 0.2) is 52.0 Å². The lowest BCUT2D eigenvalue weighted by atomic mass is 9.80. The number of phenols is 1. The lowest BCUT2D eigenvalue weighted by molar-refractivity contribution is -0.164. The van der Waals surface area contributed by atoms with E-state index in [1.807, 2.05) is 46.8 Å². The first-order valence-electron chi connectivity index (χ1n) is 12.2. The van der Waals surface area contributed by atoms with E-state index in [1.54, 1.807) is 31.2 Å². The smallest absolute Gasteiger partial charge is 0.349 e. The molecule has 2 N–H and O–H groups in total. The van der Waals surface area contributed by atoms with Crippen molar-refractivity contribution in [2.24, 2.45) is 5.92 Å². The minimum absolute atomic E-state index is 0.0189. The average Bonchev–Trinajstić information content (AvgIpc) is 2.75. The summed E-state index contributed by atoms with van der Waals surface area (Å²) in [5.74, 6) is -0.220. The third kappa shape index (κ3) is 7.02. The lowest BCUT2D eigenvalue weighted by Gasteiger charge is -2.40. The first-order chi connectivity index (χ1) is 17.0. The van der Waals surface area contributed by atoms with E-state index in [0.29, 0.717) is 23.3 Å². The average molecular weight is 549 g/mol. The Morgan fingerprint density at radius 2 is 1.76 bits per heavy atom. The summed E-state index contributed by atoms with van der Waals surface area (Å²) in [6.45, 7) is 11.6. The zero-order chi connectivity index (χ0) is 27.8. The lowest BCUT2D eigenvalue weighted by Crippen LogP contribution is -2.44. The summed E-state index contributed by atoms with van der Waals surface area (Å²) in [5.41, 5.74) is 1.11. The summed E-state index contributed by atoms with van der Waals surface area (Å²) in [6, 6.07) is 10.4. The van der Waals surface area contributed by atoms with Gasteiger partial charge in [0.2, 0.25) is 0 Å². The highest BCUT2D eigenvalue weighted by Gasteiger charge is 2.44. The van der Waals surface area contributed by atoms with E-state index in [1.165, 1.54) is 0 Å². The van der Waals surface area contributed by atoms with Crippen molar-refractivity contribution in [3.05, 3.63) is 63.8 Å². The van der Waals surface area contributed by atoms with Gasteiger partial charge in [0.1, 0.15) is 27.8 Å². The van der Waals surface area contributed by atoms with Gasteiger partial charge in [-0.2, -0.15) is 8.42 Å². The summed E-state index contributed by atoms with van der Waals surface area (Å²) in [4.78, 5) is 14.1. The molecule has 0 saturated heterocycles. The van der Waals surface area contributed by atoms with Gasteiger partial charge in [-0.25, -0.2) is 4.79 Å². The van der Waals surface area contributed by atoms with Gasteiger partial charge in [-0.3, -0.25) is 0 Å². The molecule has 37 heavy (non-hydrogen) atoms. The molecule has 1 aliphatic heterocycles. The fourth-order valence-electron chi connectivity index (χ4n) is 4.31. The Morgan fingerprint density at radius 3 is 2.27 bits per heavy atom. The number of aryl methyl sites for hydroxylation is 2. The van der Waals surface area contributed by atoms with Gasteiger partial charge in [0.15, 0.2) is 0 Å². The molecule has 0 spiro atoms. The van der Waals surface area contributed by atoms with Crippen LogP contribution in [0.2, 0.25) is 0 Å². The number of phenolic OH excluding ortho intramolecular Hbond substituents is 1. The third-order valence-corrected chi connectivity index (χ3v) is 8.22. The van der Waals surface area contributed by atoms with Crippen LogP contribution in [0.5, 0.6) is 11.5 Å². The molecule has 2 aromatic rings. The maximum atomic E-state index is 13.3. The topological polar surface area (TPSA) is 110 Å². The summed E-state index contributed by atoms with van der Waals surface area (Å²) in [5, 5.41) is 20.6. The van der Waals surface area contributed by atoms with E-state index in [0.717, 1.165) is 29.1 Å². The SMILES string of the molecule is Cc1cc(SC2=C(O)C[C@@](CCc3ccc(O)cc3)(C(C)C)OC2=O)c(C(C)(C)C)cc1OS(C)(=O)=O. The van der Waals surface area contributed by atoms with E-state index in [2.05, 4.69) is 0 Å². The number of esters is 1. The van der Waals surface area contributed by atoms with Crippen molar-refractivity contribution in [3.63, 3.8) is 0 Å². The van der Waals surface area contributed by atoms with E-state index in [-0.39, 0.29) is 34.5 Å². The van der Waals surface area contributed by atoms with Gasteiger partial charge in [0.25, 0.3) is 0 Å². The van der Waals surface area contributed by atoms with Crippen molar-refractivity contribution in [2.45, 2.75) is 76.7 Å². The number of carbonyl (C=O) groups excluding carboxylic acids is 1. The summed E-state index contributed by atoms with van der Waals surface area (Å²) >= 11 is 1.13. The van der Waals surface area contributed by atoms with E-state index in [4.69, 9.17) is 8.92 Å². The Hall–Kier alpha value is -2.65. The monoisotopic (exact) mass is 548 g/mol. The van der Waals surface area contributed by atoms with E-state index >= 15 is 0 Å². The van der Waals surface area contributed by atoms with Crippen LogP contribution in [0, 0.1) is 12.8 Å². The Morgan fingerprint density at radius 1 is 1.14 bits per heavy atom. The Kier molecular flexibility index (Phi) is 8.29. The molecular formula is C28H36O7S2. The number of cyclic esters (lactones) is 1. The largest absolute Gasteiger partial charge is 0.511 e. The maximum Gasteiger partial charge on any atom is 0.349 e. The molecule has 0 radical (unpaired) electrons. The van der Waals surface area contributed by atoms with Gasteiger partial charge < -0.3 is 19.1 Å². The fraction of sp³-hybridized carbons (Fsp3) is 0.464. The summed E-state index contributed by atoms with van der Waals surface area (Å²) < 4.78 is 34.7. The van der Waals surface area contributed by atoms with Gasteiger partial charge in [-0.15, -0.1) is 0 Å². The van der Waals surface area contributed by atoms with Crippen LogP contribution in [0.25, 0.3) is 0 Å². The first kappa shape index (κ1) is 28.9. The fourth-order valence-corrected chi connectivity index (χ4v) is 6.06. The van der Waals surface area contributed by atoms with Crippen LogP contribution >= 0.6 is 11.8 Å². The van der Waals surface area contributed by atoms with Crippen LogP contribution in [-0.2, 0) is 31.5 Å². The minimum Gasteiger partial charge on any atom is -0.511 e. The third-order valence-electron chi connectivity index (χ3n) is 6.57. The number of hydrogen-bond acceptors (Lipinski definition) is 8. The number of carbonyl (C=O) groups is 1. The molecule has 7 nitrogen and oxygen atoms in total. The Balaban J connectivity index is 1.94. The quantitative estimate of drug-likeness (QED) is 0.298. The van der Waals surface area contributed by atoms with Gasteiger partial charge in [0, 0.05) is 11.3 Å². The molecule has 0 unspecified atom stereocenters. The van der Waals surface area contributed by atoms with Crippen LogP contribution in [0.1, 0.15) is 64.2 Å². The molecule has 0 bridgehead atoms. The van der Waals surface area contributed by atoms with Crippen molar-refractivity contribution >= 4 is 27.8 Å². The van der Waals surface area contributed by atoms with Gasteiger partial charge >= 0.3 is 16.1 Å². The molecule has 0 amide bonds. The van der Waals surface area contributed by atoms with Crippen LogP contribution in [0.3, 0.4) is 0 Å². The minimum atomic E-state index is -3.71. The predicted octanol–water partition coefficient (Wildman–Crippen LogP) is 6.17. The van der Waals surface area contributed by atoms with Crippen LogP contribution in [0.4, 0.5) is 0 Å². The second-order valence-electron chi connectivity index (χ2n) is 11.0. The van der Waals surface area contributed by atoms with E-state index < -0.39 is 27.1 Å². The zero-order valence-electron chi connectivity index (χ0n) is 22.4. The van der Waals surface area contributed by atoms with Gasteiger partial charge in [-0.05, 0) is 72.1 Å². The number of hydrogen-bond donors (Lipinski definition) is 2. The number of aromatic hydroxyl groups is 1. The highest BCUT2D eigenvalue weighted by molar-refractivity contribution is 8.04. The number of benzene rings is 2. The van der Waals surface area contributed by atoms with Gasteiger partial charge in [0.05, 0.1) is 6.26 Å². The number of thioether (sulfide) groups is 1.